The summed E-state index contributed by atoms with van der Waals surface area (Å²) < 4.78 is 5.35. The second-order valence-corrected chi connectivity index (χ2v) is 6.38. The Balaban J connectivity index is 1.97. The molecule has 116 valence electrons. The Hall–Kier alpha value is -2.38. The molecular formula is C16H10NO4S2-. The molecule has 1 saturated heterocycles. The van der Waals surface area contributed by atoms with Crippen molar-refractivity contribution < 1.29 is 19.1 Å². The molecule has 1 aliphatic heterocycles. The fourth-order valence-corrected chi connectivity index (χ4v) is 3.52. The van der Waals surface area contributed by atoms with Gasteiger partial charge in [-0.1, -0.05) is 54.3 Å². The van der Waals surface area contributed by atoms with Gasteiger partial charge in [0.15, 0.2) is 0 Å². The number of nitrogens with zero attached hydrogens (tertiary/aromatic N) is 1. The van der Waals surface area contributed by atoms with Gasteiger partial charge >= 0.3 is 0 Å². The van der Waals surface area contributed by atoms with Gasteiger partial charge in [0.25, 0.3) is 5.91 Å². The molecule has 0 saturated carbocycles. The number of carboxylic acids is 1. The van der Waals surface area contributed by atoms with Crippen molar-refractivity contribution in [2.45, 2.75) is 6.04 Å². The van der Waals surface area contributed by atoms with Gasteiger partial charge in [-0.2, -0.15) is 0 Å². The Morgan fingerprint density at radius 3 is 2.61 bits per heavy atom. The molecule has 0 N–H and O–H groups in total. The molecule has 23 heavy (non-hydrogen) atoms. The molecule has 0 bridgehead atoms. The van der Waals surface area contributed by atoms with Crippen molar-refractivity contribution >= 4 is 46.3 Å². The predicted molar refractivity (Wildman–Crippen MR) is 87.9 cm³/mol. The lowest BCUT2D eigenvalue weighted by Crippen LogP contribution is -2.43. The molecule has 1 aliphatic rings. The van der Waals surface area contributed by atoms with E-state index in [0.29, 0.717) is 16.2 Å². The maximum absolute atomic E-state index is 12.6. The average molecular weight is 344 g/mol. The summed E-state index contributed by atoms with van der Waals surface area (Å²) in [6.45, 7) is 0. The number of carboxylic acid groups (broad SMARTS) is 1. The van der Waals surface area contributed by atoms with Gasteiger partial charge in [0.05, 0.1) is 17.1 Å². The van der Waals surface area contributed by atoms with Crippen molar-refractivity contribution in [3.05, 3.63) is 65.0 Å². The quantitative estimate of drug-likeness (QED) is 0.624. The molecule has 1 aromatic carbocycles. The summed E-state index contributed by atoms with van der Waals surface area (Å²) in [5.74, 6) is -1.36. The van der Waals surface area contributed by atoms with Crippen LogP contribution in [-0.4, -0.2) is 21.1 Å². The van der Waals surface area contributed by atoms with E-state index in [4.69, 9.17) is 16.6 Å². The number of carbonyl (C=O) groups is 2. The molecule has 1 amide bonds. The van der Waals surface area contributed by atoms with Crippen LogP contribution in [0.1, 0.15) is 17.4 Å². The number of hydrogen-bond donors (Lipinski definition) is 0. The van der Waals surface area contributed by atoms with E-state index in [0.717, 1.165) is 16.7 Å². The fourth-order valence-electron chi connectivity index (χ4n) is 2.23. The highest BCUT2D eigenvalue weighted by molar-refractivity contribution is 8.26. The number of carbonyl (C=O) groups excluding carboxylic acids is 2. The minimum atomic E-state index is -1.38. The van der Waals surface area contributed by atoms with E-state index in [1.54, 1.807) is 42.5 Å². The number of rotatable bonds is 4. The normalized spacial score (nSPS) is 17.7. The summed E-state index contributed by atoms with van der Waals surface area (Å²) in [6.07, 6.45) is 3.02. The maximum atomic E-state index is 12.6. The van der Waals surface area contributed by atoms with E-state index < -0.39 is 17.9 Å². The number of benzene rings is 1. The number of thiocarbonyl (C=S) groups is 1. The zero-order valence-electron chi connectivity index (χ0n) is 11.7. The molecule has 1 atom stereocenters. The van der Waals surface area contributed by atoms with Crippen molar-refractivity contribution in [2.75, 3.05) is 0 Å². The zero-order valence-corrected chi connectivity index (χ0v) is 13.3. The minimum Gasteiger partial charge on any atom is -0.547 e. The molecule has 2 heterocycles. The Kier molecular flexibility index (Phi) is 4.31. The molecule has 1 fully saturated rings. The largest absolute Gasteiger partial charge is 0.547 e. The fraction of sp³-hybridized carbons (Fsp3) is 0.0625. The molecular weight excluding hydrogens is 334 g/mol. The third-order valence-corrected chi connectivity index (χ3v) is 4.57. The number of hydrogen-bond acceptors (Lipinski definition) is 6. The van der Waals surface area contributed by atoms with E-state index in [1.807, 2.05) is 0 Å². The third-order valence-electron chi connectivity index (χ3n) is 3.24. The van der Waals surface area contributed by atoms with Crippen LogP contribution in [0.2, 0.25) is 0 Å². The minimum absolute atomic E-state index is 0.172. The maximum Gasteiger partial charge on any atom is 0.267 e. The van der Waals surface area contributed by atoms with Crippen LogP contribution in [0.25, 0.3) is 6.08 Å². The van der Waals surface area contributed by atoms with Crippen LogP contribution in [0.15, 0.2) is 58.1 Å². The molecule has 0 spiro atoms. The molecule has 0 radical (unpaired) electrons. The SMILES string of the molecule is O=C([O-])[C@@H](c1ccccc1)N1C(=O)/C(=C\c2ccco2)SC1=S. The predicted octanol–water partition coefficient (Wildman–Crippen LogP) is 1.97. The van der Waals surface area contributed by atoms with Crippen LogP contribution in [0.4, 0.5) is 0 Å². The standard InChI is InChI=1S/C16H11NO4S2/c18-14-12(9-11-7-4-8-21-11)23-16(22)17(14)13(15(19)20)10-5-2-1-3-6-10/h1-9,13H,(H,19,20)/p-1/b12-9+/t13-/m1/s1. The van der Waals surface area contributed by atoms with Gasteiger partial charge in [-0.25, -0.2) is 0 Å². The summed E-state index contributed by atoms with van der Waals surface area (Å²) in [5, 5.41) is 11.6. The summed E-state index contributed by atoms with van der Waals surface area (Å²) in [7, 11) is 0. The number of aliphatic carboxylic acids is 1. The van der Waals surface area contributed by atoms with Gasteiger partial charge in [-0.15, -0.1) is 0 Å². The van der Waals surface area contributed by atoms with Crippen LogP contribution < -0.4 is 5.11 Å². The molecule has 5 nitrogen and oxygen atoms in total. The van der Waals surface area contributed by atoms with E-state index in [-0.39, 0.29) is 4.32 Å². The second-order valence-electron chi connectivity index (χ2n) is 4.70. The molecule has 3 rings (SSSR count). The Morgan fingerprint density at radius 2 is 2.00 bits per heavy atom. The van der Waals surface area contributed by atoms with Crippen LogP contribution >= 0.6 is 24.0 Å². The summed E-state index contributed by atoms with van der Waals surface area (Å²) >= 11 is 6.23. The van der Waals surface area contributed by atoms with Gasteiger partial charge in [0.1, 0.15) is 16.1 Å². The summed E-state index contributed by atoms with van der Waals surface area (Å²) in [4.78, 5) is 25.5. The number of furan rings is 1. The lowest BCUT2D eigenvalue weighted by Gasteiger charge is -2.27. The van der Waals surface area contributed by atoms with E-state index in [2.05, 4.69) is 0 Å². The Bertz CT molecular complexity index is 784. The van der Waals surface area contributed by atoms with E-state index in [9.17, 15) is 14.7 Å². The van der Waals surface area contributed by atoms with Gasteiger partial charge < -0.3 is 14.3 Å². The smallest absolute Gasteiger partial charge is 0.267 e. The number of thioether (sulfide) groups is 1. The Labute approximate surface area is 141 Å². The van der Waals surface area contributed by atoms with Crippen LogP contribution in [0, 0.1) is 0 Å². The Morgan fingerprint density at radius 1 is 1.26 bits per heavy atom. The average Bonchev–Trinajstić information content (AvgIpc) is 3.12. The van der Waals surface area contributed by atoms with Crippen LogP contribution in [0.3, 0.4) is 0 Å². The van der Waals surface area contributed by atoms with Crippen molar-refractivity contribution in [3.63, 3.8) is 0 Å². The van der Waals surface area contributed by atoms with Crippen molar-refractivity contribution in [3.8, 4) is 0 Å². The van der Waals surface area contributed by atoms with Gasteiger partial charge in [-0.3, -0.25) is 9.69 Å². The lowest BCUT2D eigenvalue weighted by molar-refractivity contribution is -0.310. The van der Waals surface area contributed by atoms with Crippen LogP contribution in [0.5, 0.6) is 0 Å². The molecule has 0 aliphatic carbocycles. The molecule has 0 unspecified atom stereocenters. The molecule has 2 aromatic rings. The number of amides is 1. The first kappa shape index (κ1) is 15.5. The van der Waals surface area contributed by atoms with E-state index in [1.165, 1.54) is 12.3 Å². The van der Waals surface area contributed by atoms with Gasteiger partial charge in [0.2, 0.25) is 0 Å². The highest BCUT2D eigenvalue weighted by Crippen LogP contribution is 2.38. The van der Waals surface area contributed by atoms with Crippen molar-refractivity contribution in [2.24, 2.45) is 0 Å². The molecule has 7 heteroatoms. The summed E-state index contributed by atoms with van der Waals surface area (Å²) in [6, 6.07) is 10.5. The third kappa shape index (κ3) is 3.06. The monoisotopic (exact) mass is 344 g/mol. The second kappa shape index (κ2) is 6.39. The highest BCUT2D eigenvalue weighted by Gasteiger charge is 2.38. The summed E-state index contributed by atoms with van der Waals surface area (Å²) in [5.41, 5.74) is 0.433. The van der Waals surface area contributed by atoms with Gasteiger partial charge in [0, 0.05) is 6.08 Å². The first-order valence-corrected chi connectivity index (χ1v) is 7.87. The first-order valence-electron chi connectivity index (χ1n) is 6.64. The van der Waals surface area contributed by atoms with E-state index >= 15 is 0 Å². The highest BCUT2D eigenvalue weighted by atomic mass is 32.2. The van der Waals surface area contributed by atoms with Crippen molar-refractivity contribution in [1.82, 2.24) is 4.90 Å². The first-order chi connectivity index (χ1) is 11.1. The topological polar surface area (TPSA) is 73.6 Å². The van der Waals surface area contributed by atoms with Gasteiger partial charge in [-0.05, 0) is 17.7 Å². The zero-order chi connectivity index (χ0) is 16.4. The van der Waals surface area contributed by atoms with Crippen LogP contribution in [-0.2, 0) is 9.59 Å². The molecule has 1 aromatic heterocycles. The lowest BCUT2D eigenvalue weighted by atomic mass is 10.1. The van der Waals surface area contributed by atoms with Crippen molar-refractivity contribution in [1.29, 1.82) is 0 Å².